The van der Waals surface area contributed by atoms with Crippen LogP contribution in [0.4, 0.5) is 5.69 Å². The molecule has 2 aromatic carbocycles. The summed E-state index contributed by atoms with van der Waals surface area (Å²) < 4.78 is 11.4. The summed E-state index contributed by atoms with van der Waals surface area (Å²) in [5.41, 5.74) is 9.76. The lowest BCUT2D eigenvalue weighted by Crippen LogP contribution is -2.37. The monoisotopic (exact) mass is 354 g/mol. The van der Waals surface area contributed by atoms with Crippen molar-refractivity contribution in [1.29, 1.82) is 0 Å². The average molecular weight is 354 g/mol. The minimum atomic E-state index is 0.132. The largest absolute Gasteiger partial charge is 0.490 e. The van der Waals surface area contributed by atoms with Crippen LogP contribution in [-0.2, 0) is 24.2 Å². The number of rotatable bonds is 6. The lowest BCUT2D eigenvalue weighted by molar-refractivity contribution is -0.131. The van der Waals surface area contributed by atoms with Crippen LogP contribution in [-0.4, -0.2) is 30.6 Å². The number of fused-ring (bicyclic) bond motifs is 1. The maximum Gasteiger partial charge on any atom is 0.227 e. The SMILES string of the molecule is CCOc1cc2c(cc1OCC)CN(C(=O)Cc1ccc(N)cc1)CC2. The third-order valence-corrected chi connectivity index (χ3v) is 4.57. The highest BCUT2D eigenvalue weighted by Gasteiger charge is 2.23. The van der Waals surface area contributed by atoms with Crippen LogP contribution in [0.15, 0.2) is 36.4 Å². The van der Waals surface area contributed by atoms with Crippen molar-refractivity contribution in [3.8, 4) is 11.5 Å². The predicted molar refractivity (Wildman–Crippen MR) is 102 cm³/mol. The van der Waals surface area contributed by atoms with Gasteiger partial charge in [0.05, 0.1) is 19.6 Å². The normalized spacial score (nSPS) is 13.2. The van der Waals surface area contributed by atoms with E-state index in [0.29, 0.717) is 31.9 Å². The lowest BCUT2D eigenvalue weighted by Gasteiger charge is -2.30. The van der Waals surface area contributed by atoms with Crippen molar-refractivity contribution in [2.45, 2.75) is 33.2 Å². The van der Waals surface area contributed by atoms with Gasteiger partial charge >= 0.3 is 0 Å². The Kier molecular flexibility index (Phi) is 5.66. The average Bonchev–Trinajstić information content (AvgIpc) is 2.64. The Hall–Kier alpha value is -2.69. The van der Waals surface area contributed by atoms with Crippen LogP contribution >= 0.6 is 0 Å². The summed E-state index contributed by atoms with van der Waals surface area (Å²) >= 11 is 0. The van der Waals surface area contributed by atoms with Gasteiger partial charge in [0.25, 0.3) is 0 Å². The van der Waals surface area contributed by atoms with E-state index < -0.39 is 0 Å². The highest BCUT2D eigenvalue weighted by Crippen LogP contribution is 2.34. The van der Waals surface area contributed by atoms with Gasteiger partial charge in [-0.15, -0.1) is 0 Å². The van der Waals surface area contributed by atoms with Crippen LogP contribution in [0.25, 0.3) is 0 Å². The first-order valence-electron chi connectivity index (χ1n) is 9.14. The first-order valence-corrected chi connectivity index (χ1v) is 9.14. The Morgan fingerprint density at radius 1 is 1.04 bits per heavy atom. The summed E-state index contributed by atoms with van der Waals surface area (Å²) in [5.74, 6) is 1.67. The van der Waals surface area contributed by atoms with Crippen LogP contribution in [0.5, 0.6) is 11.5 Å². The van der Waals surface area contributed by atoms with E-state index in [0.717, 1.165) is 35.6 Å². The Labute approximate surface area is 154 Å². The second-order valence-electron chi connectivity index (χ2n) is 6.42. The molecule has 2 aromatic rings. The van der Waals surface area contributed by atoms with Gasteiger partial charge in [-0.25, -0.2) is 0 Å². The molecule has 5 nitrogen and oxygen atoms in total. The zero-order valence-corrected chi connectivity index (χ0v) is 15.5. The third kappa shape index (κ3) is 4.10. The molecular weight excluding hydrogens is 328 g/mol. The molecule has 0 aromatic heterocycles. The molecule has 5 heteroatoms. The molecule has 0 saturated carbocycles. The molecule has 2 N–H and O–H groups in total. The Balaban J connectivity index is 1.74. The molecule has 1 aliphatic rings. The molecule has 0 bridgehead atoms. The molecular formula is C21H26N2O3. The predicted octanol–water partition coefficient (Wildman–Crippen LogP) is 3.19. The minimum Gasteiger partial charge on any atom is -0.490 e. The second-order valence-corrected chi connectivity index (χ2v) is 6.42. The van der Waals surface area contributed by atoms with Gasteiger partial charge < -0.3 is 20.1 Å². The molecule has 138 valence electrons. The van der Waals surface area contributed by atoms with Gasteiger partial charge in [-0.05, 0) is 61.2 Å². The Morgan fingerprint density at radius 2 is 1.65 bits per heavy atom. The standard InChI is InChI=1S/C21H26N2O3/c1-3-25-19-12-16-9-10-23(14-17(16)13-20(19)26-4-2)21(24)11-15-5-7-18(22)8-6-15/h5-8,12-13H,3-4,9-11,14,22H2,1-2H3. The summed E-state index contributed by atoms with van der Waals surface area (Å²) in [6, 6.07) is 11.6. The van der Waals surface area contributed by atoms with Crippen molar-refractivity contribution in [2.75, 3.05) is 25.5 Å². The number of nitrogens with zero attached hydrogens (tertiary/aromatic N) is 1. The second kappa shape index (κ2) is 8.13. The molecule has 1 amide bonds. The number of benzene rings is 2. The first-order chi connectivity index (χ1) is 12.6. The molecule has 0 atom stereocenters. The number of nitrogen functional groups attached to an aromatic ring is 1. The van der Waals surface area contributed by atoms with Crippen molar-refractivity contribution in [1.82, 2.24) is 4.90 Å². The zero-order chi connectivity index (χ0) is 18.5. The van der Waals surface area contributed by atoms with Gasteiger partial charge in [0.15, 0.2) is 11.5 Å². The van der Waals surface area contributed by atoms with Gasteiger partial charge in [0.2, 0.25) is 5.91 Å². The fourth-order valence-electron chi connectivity index (χ4n) is 3.24. The molecule has 0 spiro atoms. The zero-order valence-electron chi connectivity index (χ0n) is 15.5. The highest BCUT2D eigenvalue weighted by molar-refractivity contribution is 5.79. The van der Waals surface area contributed by atoms with Crippen molar-refractivity contribution in [3.05, 3.63) is 53.1 Å². The van der Waals surface area contributed by atoms with E-state index in [4.69, 9.17) is 15.2 Å². The van der Waals surface area contributed by atoms with Crippen molar-refractivity contribution in [2.24, 2.45) is 0 Å². The van der Waals surface area contributed by atoms with E-state index in [-0.39, 0.29) is 5.91 Å². The van der Waals surface area contributed by atoms with Crippen LogP contribution in [0.3, 0.4) is 0 Å². The molecule has 26 heavy (non-hydrogen) atoms. The van der Waals surface area contributed by atoms with Gasteiger partial charge in [-0.3, -0.25) is 4.79 Å². The number of carbonyl (C=O) groups is 1. The molecule has 0 saturated heterocycles. The van der Waals surface area contributed by atoms with E-state index >= 15 is 0 Å². The van der Waals surface area contributed by atoms with Crippen LogP contribution in [0.1, 0.15) is 30.5 Å². The number of amides is 1. The Morgan fingerprint density at radius 3 is 2.27 bits per heavy atom. The van der Waals surface area contributed by atoms with Crippen LogP contribution in [0, 0.1) is 0 Å². The topological polar surface area (TPSA) is 64.8 Å². The number of anilines is 1. The van der Waals surface area contributed by atoms with E-state index in [1.54, 1.807) is 0 Å². The quantitative estimate of drug-likeness (QED) is 0.809. The van der Waals surface area contributed by atoms with Gasteiger partial charge in [-0.2, -0.15) is 0 Å². The first kappa shape index (κ1) is 18.1. The van der Waals surface area contributed by atoms with Crippen molar-refractivity contribution >= 4 is 11.6 Å². The molecule has 3 rings (SSSR count). The van der Waals surface area contributed by atoms with E-state index in [2.05, 4.69) is 6.07 Å². The van der Waals surface area contributed by atoms with Gasteiger partial charge in [0, 0.05) is 18.8 Å². The fraction of sp³-hybridized carbons (Fsp3) is 0.381. The van der Waals surface area contributed by atoms with Crippen LogP contribution < -0.4 is 15.2 Å². The fourth-order valence-corrected chi connectivity index (χ4v) is 3.24. The van der Waals surface area contributed by atoms with Gasteiger partial charge in [-0.1, -0.05) is 12.1 Å². The molecule has 1 aliphatic heterocycles. The number of ether oxygens (including phenoxy) is 2. The number of carbonyl (C=O) groups excluding carboxylic acids is 1. The molecule has 0 aliphatic carbocycles. The van der Waals surface area contributed by atoms with E-state index in [1.165, 1.54) is 5.56 Å². The Bertz CT molecular complexity index is 772. The van der Waals surface area contributed by atoms with E-state index in [1.807, 2.05) is 49.1 Å². The van der Waals surface area contributed by atoms with Crippen LogP contribution in [0.2, 0.25) is 0 Å². The number of hydrogen-bond donors (Lipinski definition) is 1. The summed E-state index contributed by atoms with van der Waals surface area (Å²) in [7, 11) is 0. The summed E-state index contributed by atoms with van der Waals surface area (Å²) in [4.78, 5) is 14.6. The summed E-state index contributed by atoms with van der Waals surface area (Å²) in [6.07, 6.45) is 1.22. The van der Waals surface area contributed by atoms with E-state index in [9.17, 15) is 4.79 Å². The number of hydrogen-bond acceptors (Lipinski definition) is 4. The third-order valence-electron chi connectivity index (χ3n) is 4.57. The lowest BCUT2D eigenvalue weighted by atomic mass is 9.98. The van der Waals surface area contributed by atoms with Crippen molar-refractivity contribution in [3.63, 3.8) is 0 Å². The minimum absolute atomic E-state index is 0.132. The number of nitrogens with two attached hydrogens (primary N) is 1. The molecule has 0 unspecified atom stereocenters. The highest BCUT2D eigenvalue weighted by atomic mass is 16.5. The maximum atomic E-state index is 12.7. The van der Waals surface area contributed by atoms with Crippen molar-refractivity contribution < 1.29 is 14.3 Å². The summed E-state index contributed by atoms with van der Waals surface area (Å²) in [5, 5.41) is 0. The molecule has 0 radical (unpaired) electrons. The maximum absolute atomic E-state index is 12.7. The molecule has 0 fully saturated rings. The molecule has 1 heterocycles. The summed E-state index contributed by atoms with van der Waals surface area (Å²) in [6.45, 7) is 6.43. The van der Waals surface area contributed by atoms with Gasteiger partial charge in [0.1, 0.15) is 0 Å². The smallest absolute Gasteiger partial charge is 0.227 e.